The fraction of sp³-hybridized carbons (Fsp3) is 0.444. The van der Waals surface area contributed by atoms with E-state index in [0.29, 0.717) is 18.2 Å². The Morgan fingerprint density at radius 3 is 2.88 bits per heavy atom. The van der Waals surface area contributed by atoms with E-state index in [1.165, 1.54) is 0 Å². The number of likely N-dealkylation sites (N-methyl/N-ethyl adjacent to an activating group) is 1. The van der Waals surface area contributed by atoms with Crippen LogP contribution in [0.4, 0.5) is 0 Å². The van der Waals surface area contributed by atoms with E-state index in [1.807, 2.05) is 38.4 Å². The molecule has 1 N–H and O–H groups in total. The fourth-order valence-corrected chi connectivity index (χ4v) is 2.68. The summed E-state index contributed by atoms with van der Waals surface area (Å²) in [5, 5.41) is 6.82. The molecule has 2 aromatic rings. The summed E-state index contributed by atoms with van der Waals surface area (Å²) in [5.41, 5.74) is 1.43. The Hall–Kier alpha value is -2.34. The minimum Gasteiger partial charge on any atom is -0.497 e. The van der Waals surface area contributed by atoms with E-state index >= 15 is 0 Å². The zero-order chi connectivity index (χ0) is 17.1. The van der Waals surface area contributed by atoms with Crippen LogP contribution in [0.25, 0.3) is 0 Å². The van der Waals surface area contributed by atoms with Gasteiger partial charge in [-0.25, -0.2) is 0 Å². The highest BCUT2D eigenvalue weighted by Gasteiger charge is 2.29. The topological polar surface area (TPSA) is 67.6 Å². The number of carbonyl (C=O) groups excluding carboxylic acids is 1. The van der Waals surface area contributed by atoms with Crippen molar-refractivity contribution in [3.05, 3.63) is 47.3 Å². The van der Waals surface area contributed by atoms with E-state index in [-0.39, 0.29) is 11.9 Å². The zero-order valence-electron chi connectivity index (χ0n) is 14.3. The van der Waals surface area contributed by atoms with Gasteiger partial charge in [0.05, 0.1) is 13.2 Å². The van der Waals surface area contributed by atoms with Crippen LogP contribution in [0.5, 0.6) is 5.75 Å². The van der Waals surface area contributed by atoms with Crippen LogP contribution >= 0.6 is 0 Å². The van der Waals surface area contributed by atoms with Gasteiger partial charge in [0.2, 0.25) is 0 Å². The quantitative estimate of drug-likeness (QED) is 0.846. The van der Waals surface area contributed by atoms with Crippen molar-refractivity contribution in [2.24, 2.45) is 0 Å². The standard InChI is InChI=1S/C18H23N3O3/c1-21(2)16(13-5-4-6-14(9-13)23-3)11-19-18(22)15-10-17(24-20-15)12-7-8-12/h4-6,9-10,12,16H,7-8,11H2,1-3H3,(H,19,22)/t16-/m0/s1. The van der Waals surface area contributed by atoms with Crippen LogP contribution in [-0.4, -0.2) is 43.7 Å². The second-order valence-electron chi connectivity index (χ2n) is 6.35. The molecule has 1 aliphatic rings. The third kappa shape index (κ3) is 3.76. The highest BCUT2D eigenvalue weighted by Crippen LogP contribution is 2.40. The molecule has 128 valence electrons. The summed E-state index contributed by atoms with van der Waals surface area (Å²) in [4.78, 5) is 14.4. The first-order chi connectivity index (χ1) is 11.6. The molecule has 3 rings (SSSR count). The van der Waals surface area contributed by atoms with Gasteiger partial charge in [-0.3, -0.25) is 4.79 Å². The van der Waals surface area contributed by atoms with Gasteiger partial charge in [-0.15, -0.1) is 0 Å². The van der Waals surface area contributed by atoms with E-state index in [0.717, 1.165) is 29.9 Å². The number of methoxy groups -OCH3 is 1. The monoisotopic (exact) mass is 329 g/mol. The largest absolute Gasteiger partial charge is 0.497 e. The molecule has 0 radical (unpaired) electrons. The average molecular weight is 329 g/mol. The predicted molar refractivity (Wildman–Crippen MR) is 90.2 cm³/mol. The maximum atomic E-state index is 12.3. The molecular weight excluding hydrogens is 306 g/mol. The molecule has 0 saturated heterocycles. The van der Waals surface area contributed by atoms with Crippen LogP contribution < -0.4 is 10.1 Å². The average Bonchev–Trinajstić information content (AvgIpc) is 3.31. The molecule has 0 bridgehead atoms. The van der Waals surface area contributed by atoms with Gasteiger partial charge in [0.25, 0.3) is 5.91 Å². The molecule has 0 unspecified atom stereocenters. The number of hydrogen-bond acceptors (Lipinski definition) is 5. The van der Waals surface area contributed by atoms with Crippen molar-refractivity contribution >= 4 is 5.91 Å². The van der Waals surface area contributed by atoms with Gasteiger partial charge in [-0.05, 0) is 44.6 Å². The lowest BCUT2D eigenvalue weighted by Crippen LogP contribution is -2.34. The SMILES string of the molecule is COc1cccc([C@H](CNC(=O)c2cc(C3CC3)on2)N(C)C)c1. The molecule has 1 aromatic carbocycles. The Morgan fingerprint density at radius 2 is 2.21 bits per heavy atom. The van der Waals surface area contributed by atoms with Crippen LogP contribution in [-0.2, 0) is 0 Å². The van der Waals surface area contributed by atoms with E-state index < -0.39 is 0 Å². The minimum atomic E-state index is -0.208. The highest BCUT2D eigenvalue weighted by molar-refractivity contribution is 5.92. The van der Waals surface area contributed by atoms with Gasteiger partial charge in [0.15, 0.2) is 5.69 Å². The van der Waals surface area contributed by atoms with Gasteiger partial charge < -0.3 is 19.5 Å². The number of hydrogen-bond donors (Lipinski definition) is 1. The van der Waals surface area contributed by atoms with Crippen LogP contribution in [0.15, 0.2) is 34.9 Å². The molecule has 1 saturated carbocycles. The maximum absolute atomic E-state index is 12.3. The molecule has 1 aliphatic carbocycles. The summed E-state index contributed by atoms with van der Waals surface area (Å²) in [6.07, 6.45) is 2.24. The summed E-state index contributed by atoms with van der Waals surface area (Å²) in [6.45, 7) is 0.477. The lowest BCUT2D eigenvalue weighted by atomic mass is 10.1. The summed E-state index contributed by atoms with van der Waals surface area (Å²) in [7, 11) is 5.61. The van der Waals surface area contributed by atoms with Crippen LogP contribution in [0.3, 0.4) is 0 Å². The summed E-state index contributed by atoms with van der Waals surface area (Å²) < 4.78 is 10.5. The Morgan fingerprint density at radius 1 is 1.42 bits per heavy atom. The number of nitrogens with one attached hydrogen (secondary N) is 1. The third-order valence-corrected chi connectivity index (χ3v) is 4.30. The normalized spacial score (nSPS) is 15.3. The molecule has 6 heteroatoms. The minimum absolute atomic E-state index is 0.0406. The number of aromatic nitrogens is 1. The molecule has 1 atom stereocenters. The van der Waals surface area contributed by atoms with Crippen LogP contribution in [0, 0.1) is 0 Å². The third-order valence-electron chi connectivity index (χ3n) is 4.30. The van der Waals surface area contributed by atoms with Crippen molar-refractivity contribution in [2.45, 2.75) is 24.8 Å². The molecule has 0 spiro atoms. The predicted octanol–water partition coefficient (Wildman–Crippen LogP) is 2.59. The highest BCUT2D eigenvalue weighted by atomic mass is 16.5. The van der Waals surface area contributed by atoms with Crippen molar-refractivity contribution < 1.29 is 14.1 Å². The first-order valence-electron chi connectivity index (χ1n) is 8.13. The van der Waals surface area contributed by atoms with Crippen molar-refractivity contribution in [1.82, 2.24) is 15.4 Å². The molecule has 1 amide bonds. The van der Waals surface area contributed by atoms with Gasteiger partial charge in [0, 0.05) is 18.5 Å². The second kappa shape index (κ2) is 7.05. The van der Waals surface area contributed by atoms with Gasteiger partial charge in [-0.2, -0.15) is 0 Å². The van der Waals surface area contributed by atoms with Crippen molar-refractivity contribution in [2.75, 3.05) is 27.7 Å². The Labute approximate surface area is 141 Å². The zero-order valence-corrected chi connectivity index (χ0v) is 14.3. The van der Waals surface area contributed by atoms with E-state index in [1.54, 1.807) is 13.2 Å². The Bertz CT molecular complexity index is 707. The Balaban J connectivity index is 1.65. The molecule has 1 aromatic heterocycles. The second-order valence-corrected chi connectivity index (χ2v) is 6.35. The van der Waals surface area contributed by atoms with Crippen LogP contribution in [0.1, 0.15) is 46.6 Å². The number of ether oxygens (including phenoxy) is 1. The number of benzene rings is 1. The number of rotatable bonds is 7. The maximum Gasteiger partial charge on any atom is 0.273 e. The molecular formula is C18H23N3O3. The first-order valence-corrected chi connectivity index (χ1v) is 8.13. The fourth-order valence-electron chi connectivity index (χ4n) is 2.68. The smallest absolute Gasteiger partial charge is 0.273 e. The van der Waals surface area contributed by atoms with Gasteiger partial charge >= 0.3 is 0 Å². The molecule has 6 nitrogen and oxygen atoms in total. The summed E-state index contributed by atoms with van der Waals surface area (Å²) in [5.74, 6) is 1.86. The van der Waals surface area contributed by atoms with Gasteiger partial charge in [-0.1, -0.05) is 17.3 Å². The lowest BCUT2D eigenvalue weighted by Gasteiger charge is -2.25. The Kier molecular flexibility index (Phi) is 4.85. The van der Waals surface area contributed by atoms with E-state index in [9.17, 15) is 4.79 Å². The molecule has 1 fully saturated rings. The van der Waals surface area contributed by atoms with E-state index in [2.05, 4.69) is 15.4 Å². The number of amides is 1. The molecule has 24 heavy (non-hydrogen) atoms. The van der Waals surface area contributed by atoms with Crippen molar-refractivity contribution in [3.8, 4) is 5.75 Å². The van der Waals surface area contributed by atoms with E-state index in [4.69, 9.17) is 9.26 Å². The number of nitrogens with zero attached hydrogens (tertiary/aromatic N) is 2. The molecule has 0 aliphatic heterocycles. The first kappa shape index (κ1) is 16.5. The summed E-state index contributed by atoms with van der Waals surface area (Å²) >= 11 is 0. The van der Waals surface area contributed by atoms with Crippen molar-refractivity contribution in [1.29, 1.82) is 0 Å². The van der Waals surface area contributed by atoms with Crippen molar-refractivity contribution in [3.63, 3.8) is 0 Å². The molecule has 1 heterocycles. The lowest BCUT2D eigenvalue weighted by molar-refractivity contribution is 0.0932. The number of carbonyl (C=O) groups is 1. The summed E-state index contributed by atoms with van der Waals surface area (Å²) in [6, 6.07) is 9.66. The van der Waals surface area contributed by atoms with Gasteiger partial charge in [0.1, 0.15) is 11.5 Å². The van der Waals surface area contributed by atoms with Crippen LogP contribution in [0.2, 0.25) is 0 Å².